The third-order valence-electron chi connectivity index (χ3n) is 4.50. The Morgan fingerprint density at radius 2 is 2.28 bits per heavy atom. The first-order valence-corrected chi connectivity index (χ1v) is 8.50. The molecule has 1 aromatic carbocycles. The van der Waals surface area contributed by atoms with Gasteiger partial charge in [-0.25, -0.2) is 0 Å². The quantitative estimate of drug-likeness (QED) is 0.795. The largest absolute Gasteiger partial charge is 0.493 e. The molecule has 2 heterocycles. The molecule has 25 heavy (non-hydrogen) atoms. The molecule has 1 aromatic heterocycles. The van der Waals surface area contributed by atoms with E-state index in [4.69, 9.17) is 9.47 Å². The maximum Gasteiger partial charge on any atom is 0.226 e. The van der Waals surface area contributed by atoms with Crippen molar-refractivity contribution < 1.29 is 14.3 Å². The minimum Gasteiger partial charge on any atom is -0.493 e. The lowest BCUT2D eigenvalue weighted by molar-refractivity contribution is -0.135. The van der Waals surface area contributed by atoms with Crippen LogP contribution in [0.3, 0.4) is 0 Å². The van der Waals surface area contributed by atoms with Crippen molar-refractivity contribution in [1.82, 2.24) is 19.7 Å². The summed E-state index contributed by atoms with van der Waals surface area (Å²) in [5, 5.41) is 8.07. The molecular weight excluding hydrogens is 320 g/mol. The number of fused-ring (bicyclic) bond motifs is 1. The number of amides is 1. The van der Waals surface area contributed by atoms with Gasteiger partial charge in [-0.3, -0.25) is 4.79 Å². The molecule has 0 fully saturated rings. The van der Waals surface area contributed by atoms with Gasteiger partial charge in [0, 0.05) is 26.6 Å². The summed E-state index contributed by atoms with van der Waals surface area (Å²) >= 11 is 0. The second-order valence-electron chi connectivity index (χ2n) is 6.27. The van der Waals surface area contributed by atoms with Crippen LogP contribution in [0, 0.1) is 5.92 Å². The van der Waals surface area contributed by atoms with Gasteiger partial charge in [0.2, 0.25) is 5.91 Å². The Kier molecular flexibility index (Phi) is 5.65. The fraction of sp³-hybridized carbons (Fsp3) is 0.500. The number of rotatable bonds is 6. The summed E-state index contributed by atoms with van der Waals surface area (Å²) in [4.78, 5) is 14.6. The van der Waals surface area contributed by atoms with Gasteiger partial charge in [0.05, 0.1) is 19.8 Å². The van der Waals surface area contributed by atoms with E-state index in [2.05, 4.69) is 10.2 Å². The molecule has 0 radical (unpaired) electrons. The van der Waals surface area contributed by atoms with Gasteiger partial charge in [-0.2, -0.15) is 0 Å². The van der Waals surface area contributed by atoms with Gasteiger partial charge in [0.15, 0.2) is 5.82 Å². The Morgan fingerprint density at radius 3 is 3.12 bits per heavy atom. The lowest BCUT2D eigenvalue weighted by atomic mass is 9.95. The number of para-hydroxylation sites is 1. The number of hydrogen-bond acceptors (Lipinski definition) is 5. The molecule has 0 aliphatic carbocycles. The van der Waals surface area contributed by atoms with E-state index in [-0.39, 0.29) is 11.8 Å². The molecule has 7 heteroatoms. The predicted molar refractivity (Wildman–Crippen MR) is 92.1 cm³/mol. The molecule has 2 aromatic rings. The number of hydrogen-bond donors (Lipinski definition) is 0. The molecule has 1 unspecified atom stereocenters. The highest BCUT2D eigenvalue weighted by atomic mass is 16.5. The molecule has 0 N–H and O–H groups in total. The van der Waals surface area contributed by atoms with Crippen molar-refractivity contribution in [2.75, 3.05) is 27.4 Å². The summed E-state index contributed by atoms with van der Waals surface area (Å²) < 4.78 is 12.8. The molecule has 0 bridgehead atoms. The average Bonchev–Trinajstić information content (AvgIpc) is 2.94. The van der Waals surface area contributed by atoms with Crippen molar-refractivity contribution in [3.8, 4) is 5.75 Å². The summed E-state index contributed by atoms with van der Waals surface area (Å²) in [7, 11) is 3.47. The summed E-state index contributed by atoms with van der Waals surface area (Å²) in [6.07, 6.45) is 3.09. The second kappa shape index (κ2) is 8.11. The van der Waals surface area contributed by atoms with Crippen molar-refractivity contribution in [3.63, 3.8) is 0 Å². The van der Waals surface area contributed by atoms with E-state index < -0.39 is 0 Å². The topological polar surface area (TPSA) is 69.5 Å². The van der Waals surface area contributed by atoms with E-state index in [0.717, 1.165) is 17.1 Å². The molecule has 1 atom stereocenters. The van der Waals surface area contributed by atoms with Gasteiger partial charge < -0.3 is 18.9 Å². The summed E-state index contributed by atoms with van der Waals surface area (Å²) in [6, 6.07) is 7.93. The molecule has 1 aliphatic rings. The van der Waals surface area contributed by atoms with Crippen molar-refractivity contribution in [3.05, 3.63) is 42.0 Å². The number of aromatic nitrogens is 3. The molecule has 0 saturated heterocycles. The minimum absolute atomic E-state index is 0.0796. The van der Waals surface area contributed by atoms with Crippen LogP contribution in [0.25, 0.3) is 0 Å². The number of methoxy groups -OCH3 is 1. The molecule has 1 amide bonds. The molecule has 0 saturated carbocycles. The Labute approximate surface area is 147 Å². The van der Waals surface area contributed by atoms with Crippen LogP contribution in [-0.2, 0) is 29.0 Å². The van der Waals surface area contributed by atoms with E-state index in [1.807, 2.05) is 35.9 Å². The summed E-state index contributed by atoms with van der Waals surface area (Å²) in [5.41, 5.74) is 1.09. The van der Waals surface area contributed by atoms with Crippen LogP contribution in [0.4, 0.5) is 0 Å². The van der Waals surface area contributed by atoms with Crippen molar-refractivity contribution in [1.29, 1.82) is 0 Å². The smallest absolute Gasteiger partial charge is 0.226 e. The zero-order chi connectivity index (χ0) is 17.6. The second-order valence-corrected chi connectivity index (χ2v) is 6.27. The Balaban J connectivity index is 1.65. The van der Waals surface area contributed by atoms with Crippen LogP contribution in [0.2, 0.25) is 0 Å². The summed E-state index contributed by atoms with van der Waals surface area (Å²) in [5.74, 6) is 1.68. The maximum absolute atomic E-state index is 12.9. The van der Waals surface area contributed by atoms with E-state index in [9.17, 15) is 4.79 Å². The maximum atomic E-state index is 12.9. The Hall–Kier alpha value is -2.41. The first kappa shape index (κ1) is 17.4. The lowest BCUT2D eigenvalue weighted by Gasteiger charge is -2.22. The van der Waals surface area contributed by atoms with Gasteiger partial charge in [0.25, 0.3) is 0 Å². The Bertz CT molecular complexity index is 716. The van der Waals surface area contributed by atoms with Gasteiger partial charge >= 0.3 is 0 Å². The lowest BCUT2D eigenvalue weighted by Crippen LogP contribution is -2.34. The van der Waals surface area contributed by atoms with Gasteiger partial charge in [-0.05, 0) is 24.5 Å². The van der Waals surface area contributed by atoms with E-state index in [0.29, 0.717) is 39.1 Å². The van der Waals surface area contributed by atoms with Crippen LogP contribution in [-0.4, -0.2) is 52.9 Å². The SMILES string of the molecule is COCCn1cnnc1CN(C)C(=O)C1CCOc2ccccc2C1. The third-order valence-corrected chi connectivity index (χ3v) is 4.50. The van der Waals surface area contributed by atoms with E-state index >= 15 is 0 Å². The van der Waals surface area contributed by atoms with Gasteiger partial charge in [-0.1, -0.05) is 18.2 Å². The van der Waals surface area contributed by atoms with Crippen molar-refractivity contribution >= 4 is 5.91 Å². The average molecular weight is 344 g/mol. The number of benzene rings is 1. The Morgan fingerprint density at radius 1 is 1.44 bits per heavy atom. The fourth-order valence-electron chi connectivity index (χ4n) is 3.08. The summed E-state index contributed by atoms with van der Waals surface area (Å²) in [6.45, 7) is 2.25. The third kappa shape index (κ3) is 4.17. The molecule has 0 spiro atoms. The van der Waals surface area contributed by atoms with Crippen molar-refractivity contribution in [2.24, 2.45) is 5.92 Å². The van der Waals surface area contributed by atoms with Crippen LogP contribution in [0.5, 0.6) is 5.75 Å². The fourth-order valence-corrected chi connectivity index (χ4v) is 3.08. The zero-order valence-electron chi connectivity index (χ0n) is 14.7. The van der Waals surface area contributed by atoms with Crippen LogP contribution < -0.4 is 4.74 Å². The van der Waals surface area contributed by atoms with E-state index in [1.165, 1.54) is 0 Å². The number of carbonyl (C=O) groups excluding carboxylic acids is 1. The van der Waals surface area contributed by atoms with Crippen LogP contribution >= 0.6 is 0 Å². The molecule has 1 aliphatic heterocycles. The number of nitrogens with zero attached hydrogens (tertiary/aromatic N) is 4. The number of ether oxygens (including phenoxy) is 2. The normalized spacial score (nSPS) is 16.6. The van der Waals surface area contributed by atoms with Crippen molar-refractivity contribution in [2.45, 2.75) is 25.9 Å². The molecule has 3 rings (SSSR count). The van der Waals surface area contributed by atoms with Crippen LogP contribution in [0.1, 0.15) is 17.8 Å². The minimum atomic E-state index is -0.0796. The van der Waals surface area contributed by atoms with Gasteiger partial charge in [0.1, 0.15) is 12.1 Å². The highest BCUT2D eigenvalue weighted by Gasteiger charge is 2.26. The zero-order valence-corrected chi connectivity index (χ0v) is 14.7. The van der Waals surface area contributed by atoms with Crippen LogP contribution in [0.15, 0.2) is 30.6 Å². The monoisotopic (exact) mass is 344 g/mol. The van der Waals surface area contributed by atoms with Gasteiger partial charge in [-0.15, -0.1) is 10.2 Å². The number of carbonyl (C=O) groups is 1. The highest BCUT2D eigenvalue weighted by molar-refractivity contribution is 5.79. The molecular formula is C18H24N4O3. The highest BCUT2D eigenvalue weighted by Crippen LogP contribution is 2.27. The van der Waals surface area contributed by atoms with E-state index in [1.54, 1.807) is 18.3 Å². The first-order valence-electron chi connectivity index (χ1n) is 8.50. The molecule has 7 nitrogen and oxygen atoms in total. The standard InChI is InChI=1S/C18H24N4O3/c1-21(12-17-20-19-13-22(17)8-10-24-2)18(23)15-7-9-25-16-6-4-3-5-14(16)11-15/h3-6,13,15H,7-12H2,1-2H3. The first-order chi connectivity index (χ1) is 12.2. The molecule has 134 valence electrons. The predicted octanol–water partition coefficient (Wildman–Crippen LogP) is 1.52.